The Labute approximate surface area is 156 Å². The SMILES string of the molecule is CCOc1ccc(S(=O)(=O)NCc2cc(-c3ccccn3)n(C)n2)cc1F. The summed E-state index contributed by atoms with van der Waals surface area (Å²) in [5.41, 5.74) is 2.01. The molecule has 0 aliphatic carbocycles. The van der Waals surface area contributed by atoms with E-state index in [1.165, 1.54) is 12.1 Å². The van der Waals surface area contributed by atoms with E-state index in [4.69, 9.17) is 4.74 Å². The van der Waals surface area contributed by atoms with Crippen molar-refractivity contribution in [3.8, 4) is 17.1 Å². The molecule has 0 aliphatic rings. The fourth-order valence-electron chi connectivity index (χ4n) is 2.54. The highest BCUT2D eigenvalue weighted by atomic mass is 32.2. The van der Waals surface area contributed by atoms with E-state index in [2.05, 4.69) is 14.8 Å². The van der Waals surface area contributed by atoms with Crippen molar-refractivity contribution in [1.82, 2.24) is 19.5 Å². The summed E-state index contributed by atoms with van der Waals surface area (Å²) in [4.78, 5) is 4.08. The van der Waals surface area contributed by atoms with Crippen molar-refractivity contribution in [2.45, 2.75) is 18.4 Å². The third-order valence-corrected chi connectivity index (χ3v) is 5.21. The van der Waals surface area contributed by atoms with E-state index >= 15 is 0 Å². The lowest BCUT2D eigenvalue weighted by Gasteiger charge is -2.08. The van der Waals surface area contributed by atoms with Crippen LogP contribution in [0, 0.1) is 5.82 Å². The van der Waals surface area contributed by atoms with Crippen LogP contribution >= 0.6 is 0 Å². The predicted octanol–water partition coefficient (Wildman–Crippen LogP) is 2.50. The minimum atomic E-state index is -3.89. The van der Waals surface area contributed by atoms with Gasteiger partial charge in [-0.05, 0) is 43.3 Å². The summed E-state index contributed by atoms with van der Waals surface area (Å²) in [5, 5.41) is 4.30. The van der Waals surface area contributed by atoms with Crippen molar-refractivity contribution in [1.29, 1.82) is 0 Å². The molecule has 0 amide bonds. The van der Waals surface area contributed by atoms with E-state index in [1.807, 2.05) is 18.2 Å². The molecule has 1 aromatic carbocycles. The van der Waals surface area contributed by atoms with Crippen LogP contribution in [0.5, 0.6) is 5.75 Å². The van der Waals surface area contributed by atoms with Crippen LogP contribution in [0.1, 0.15) is 12.6 Å². The van der Waals surface area contributed by atoms with Crippen LogP contribution in [0.2, 0.25) is 0 Å². The molecule has 2 aromatic heterocycles. The number of hydrogen-bond donors (Lipinski definition) is 1. The Kier molecular flexibility index (Phi) is 5.52. The number of ether oxygens (including phenoxy) is 1. The third kappa shape index (κ3) is 4.32. The number of hydrogen-bond acceptors (Lipinski definition) is 5. The van der Waals surface area contributed by atoms with Gasteiger partial charge in [0.1, 0.15) is 0 Å². The quantitative estimate of drug-likeness (QED) is 0.670. The highest BCUT2D eigenvalue weighted by Crippen LogP contribution is 2.21. The van der Waals surface area contributed by atoms with Gasteiger partial charge < -0.3 is 4.74 Å². The highest BCUT2D eigenvalue weighted by Gasteiger charge is 2.18. The summed E-state index contributed by atoms with van der Waals surface area (Å²) in [5.74, 6) is -0.712. The first kappa shape index (κ1) is 19.0. The molecule has 27 heavy (non-hydrogen) atoms. The van der Waals surface area contributed by atoms with Crippen LogP contribution in [-0.4, -0.2) is 29.8 Å². The number of nitrogens with one attached hydrogen (secondary N) is 1. The second kappa shape index (κ2) is 7.85. The van der Waals surface area contributed by atoms with Gasteiger partial charge in [0.2, 0.25) is 10.0 Å². The summed E-state index contributed by atoms with van der Waals surface area (Å²) in [6, 6.07) is 10.8. The van der Waals surface area contributed by atoms with E-state index in [9.17, 15) is 12.8 Å². The molecular formula is C18H19FN4O3S. The molecule has 3 rings (SSSR count). The second-order valence-corrected chi connectivity index (χ2v) is 7.48. The second-order valence-electron chi connectivity index (χ2n) is 5.71. The summed E-state index contributed by atoms with van der Waals surface area (Å²) < 4.78 is 47.9. The molecule has 0 aliphatic heterocycles. The van der Waals surface area contributed by atoms with E-state index in [0.717, 1.165) is 17.5 Å². The highest BCUT2D eigenvalue weighted by molar-refractivity contribution is 7.89. The molecular weight excluding hydrogens is 371 g/mol. The van der Waals surface area contributed by atoms with Crippen LogP contribution in [-0.2, 0) is 23.6 Å². The van der Waals surface area contributed by atoms with Crippen LogP contribution < -0.4 is 9.46 Å². The normalized spacial score (nSPS) is 11.5. The zero-order valence-corrected chi connectivity index (χ0v) is 15.7. The molecule has 0 saturated carbocycles. The van der Waals surface area contributed by atoms with Crippen molar-refractivity contribution >= 4 is 10.0 Å². The third-order valence-electron chi connectivity index (χ3n) is 3.81. The number of benzene rings is 1. The van der Waals surface area contributed by atoms with Crippen molar-refractivity contribution in [3.63, 3.8) is 0 Å². The number of aromatic nitrogens is 3. The standard InChI is InChI=1S/C18H19FN4O3S/c1-3-26-18-8-7-14(11-15(18)19)27(24,25)21-12-13-10-17(23(2)22-13)16-6-4-5-9-20-16/h4-11,21H,3,12H2,1-2H3. The Morgan fingerprint density at radius 3 is 2.70 bits per heavy atom. The Morgan fingerprint density at radius 2 is 2.04 bits per heavy atom. The molecule has 2 heterocycles. The maximum Gasteiger partial charge on any atom is 0.241 e. The first-order valence-corrected chi connectivity index (χ1v) is 9.75. The van der Waals surface area contributed by atoms with Crippen molar-refractivity contribution in [3.05, 3.63) is 60.2 Å². The Bertz CT molecular complexity index is 1040. The largest absolute Gasteiger partial charge is 0.491 e. The van der Waals surface area contributed by atoms with Crippen molar-refractivity contribution < 1.29 is 17.5 Å². The first-order valence-electron chi connectivity index (χ1n) is 8.27. The maximum atomic E-state index is 13.9. The Balaban J connectivity index is 1.75. The van der Waals surface area contributed by atoms with Gasteiger partial charge >= 0.3 is 0 Å². The molecule has 7 nitrogen and oxygen atoms in total. The van der Waals surface area contributed by atoms with E-state index in [0.29, 0.717) is 12.3 Å². The van der Waals surface area contributed by atoms with Gasteiger partial charge in [0.15, 0.2) is 11.6 Å². The number of sulfonamides is 1. The zero-order valence-electron chi connectivity index (χ0n) is 14.9. The number of pyridine rings is 1. The van der Waals surface area contributed by atoms with E-state index in [1.54, 1.807) is 30.9 Å². The Morgan fingerprint density at radius 1 is 1.22 bits per heavy atom. The lowest BCUT2D eigenvalue weighted by atomic mass is 10.2. The number of halogens is 1. The van der Waals surface area contributed by atoms with E-state index < -0.39 is 15.8 Å². The summed E-state index contributed by atoms with van der Waals surface area (Å²) in [6.45, 7) is 1.98. The first-order chi connectivity index (χ1) is 12.9. The van der Waals surface area contributed by atoms with Gasteiger partial charge in [-0.1, -0.05) is 6.07 Å². The molecule has 1 N–H and O–H groups in total. The smallest absolute Gasteiger partial charge is 0.241 e. The fourth-order valence-corrected chi connectivity index (χ4v) is 3.55. The lowest BCUT2D eigenvalue weighted by molar-refractivity contribution is 0.321. The van der Waals surface area contributed by atoms with Crippen LogP contribution in [0.3, 0.4) is 0 Å². The van der Waals surface area contributed by atoms with Crippen molar-refractivity contribution in [2.24, 2.45) is 7.05 Å². The number of rotatable bonds is 7. The monoisotopic (exact) mass is 390 g/mol. The van der Waals surface area contributed by atoms with Gasteiger partial charge in [-0.15, -0.1) is 0 Å². The molecule has 0 radical (unpaired) electrons. The zero-order chi connectivity index (χ0) is 19.4. The van der Waals surface area contributed by atoms with Gasteiger partial charge in [0.25, 0.3) is 0 Å². The van der Waals surface area contributed by atoms with Gasteiger partial charge in [0, 0.05) is 13.2 Å². The molecule has 0 saturated heterocycles. The molecule has 3 aromatic rings. The van der Waals surface area contributed by atoms with Crippen LogP contribution in [0.15, 0.2) is 53.6 Å². The minimum Gasteiger partial charge on any atom is -0.491 e. The maximum absolute atomic E-state index is 13.9. The summed E-state index contributed by atoms with van der Waals surface area (Å²) >= 11 is 0. The average molecular weight is 390 g/mol. The minimum absolute atomic E-state index is 0.0150. The molecule has 0 bridgehead atoms. The lowest BCUT2D eigenvalue weighted by Crippen LogP contribution is -2.23. The fraction of sp³-hybridized carbons (Fsp3) is 0.222. The van der Waals surface area contributed by atoms with Crippen molar-refractivity contribution in [2.75, 3.05) is 6.61 Å². The molecule has 9 heteroatoms. The summed E-state index contributed by atoms with van der Waals surface area (Å²) in [6.07, 6.45) is 1.67. The Hall–Kier alpha value is -2.78. The number of aryl methyl sites for hydroxylation is 1. The van der Waals surface area contributed by atoms with Gasteiger partial charge in [-0.25, -0.2) is 17.5 Å². The topological polar surface area (TPSA) is 86.1 Å². The molecule has 0 atom stereocenters. The predicted molar refractivity (Wildman–Crippen MR) is 98.0 cm³/mol. The number of nitrogens with zero attached hydrogens (tertiary/aromatic N) is 3. The van der Waals surface area contributed by atoms with Gasteiger partial charge in [-0.3, -0.25) is 9.67 Å². The van der Waals surface area contributed by atoms with Crippen LogP contribution in [0.4, 0.5) is 4.39 Å². The average Bonchev–Trinajstić information content (AvgIpc) is 3.03. The summed E-state index contributed by atoms with van der Waals surface area (Å²) in [7, 11) is -2.14. The molecule has 0 unspecified atom stereocenters. The van der Waals surface area contributed by atoms with Gasteiger partial charge in [0.05, 0.1) is 35.1 Å². The van der Waals surface area contributed by atoms with Crippen LogP contribution in [0.25, 0.3) is 11.4 Å². The molecule has 0 fully saturated rings. The van der Waals surface area contributed by atoms with E-state index in [-0.39, 0.29) is 17.2 Å². The van der Waals surface area contributed by atoms with Gasteiger partial charge in [-0.2, -0.15) is 5.10 Å². The molecule has 0 spiro atoms. The molecule has 142 valence electrons.